The molecule has 0 spiro atoms. The third-order valence-electron chi connectivity index (χ3n) is 5.00. The number of hydrogen-bond acceptors (Lipinski definition) is 6. The standard InChI is InChI=1S/C26H26N6O/c1-32(2)16-15-28-24-17-23(29-25(31-24)19-9-4-3-5-10-19)26(33)30-22-13-7-6-12-21(22)20-11-8-14-27-18-20/h3-14,17-18H,15-16H2,1-2H3,(H,30,33)(H,28,29,31). The lowest BCUT2D eigenvalue weighted by molar-refractivity contribution is 0.102. The number of rotatable bonds is 8. The van der Waals surface area contributed by atoms with Crippen LogP contribution in [0, 0.1) is 0 Å². The van der Waals surface area contributed by atoms with Crippen LogP contribution in [-0.4, -0.2) is 52.9 Å². The Morgan fingerprint density at radius 1 is 0.909 bits per heavy atom. The Morgan fingerprint density at radius 3 is 2.42 bits per heavy atom. The number of carbonyl (C=O) groups excluding carboxylic acids is 1. The van der Waals surface area contributed by atoms with Gasteiger partial charge in [-0.3, -0.25) is 9.78 Å². The lowest BCUT2D eigenvalue weighted by Gasteiger charge is -2.14. The van der Waals surface area contributed by atoms with Crippen LogP contribution in [0.25, 0.3) is 22.5 Å². The molecule has 4 rings (SSSR count). The van der Waals surface area contributed by atoms with E-state index in [0.717, 1.165) is 23.2 Å². The topological polar surface area (TPSA) is 83.0 Å². The van der Waals surface area contributed by atoms with Gasteiger partial charge in [0, 0.05) is 53.9 Å². The maximum atomic E-state index is 13.3. The van der Waals surface area contributed by atoms with Crippen LogP contribution in [0.1, 0.15) is 10.5 Å². The molecule has 0 aliphatic heterocycles. The second kappa shape index (κ2) is 10.5. The van der Waals surface area contributed by atoms with E-state index in [9.17, 15) is 4.79 Å². The monoisotopic (exact) mass is 438 g/mol. The molecule has 4 aromatic rings. The van der Waals surface area contributed by atoms with Gasteiger partial charge in [-0.1, -0.05) is 54.6 Å². The molecule has 0 atom stereocenters. The Kier molecular flexibility index (Phi) is 7.02. The molecule has 0 unspecified atom stereocenters. The fourth-order valence-electron chi connectivity index (χ4n) is 3.33. The third-order valence-corrected chi connectivity index (χ3v) is 5.00. The van der Waals surface area contributed by atoms with Crippen molar-refractivity contribution in [2.75, 3.05) is 37.8 Å². The highest BCUT2D eigenvalue weighted by atomic mass is 16.1. The quantitative estimate of drug-likeness (QED) is 0.423. The fraction of sp³-hybridized carbons (Fsp3) is 0.154. The summed E-state index contributed by atoms with van der Waals surface area (Å²) in [5.41, 5.74) is 3.64. The molecule has 2 aromatic heterocycles. The Balaban J connectivity index is 1.65. The number of anilines is 2. The minimum atomic E-state index is -0.304. The van der Waals surface area contributed by atoms with Gasteiger partial charge in [-0.05, 0) is 26.2 Å². The lowest BCUT2D eigenvalue weighted by atomic mass is 10.1. The molecule has 0 fully saturated rings. The first-order chi connectivity index (χ1) is 16.1. The lowest BCUT2D eigenvalue weighted by Crippen LogP contribution is -2.22. The molecule has 33 heavy (non-hydrogen) atoms. The molecule has 2 heterocycles. The van der Waals surface area contributed by atoms with Crippen molar-refractivity contribution >= 4 is 17.4 Å². The van der Waals surface area contributed by atoms with Crippen LogP contribution in [-0.2, 0) is 0 Å². The van der Waals surface area contributed by atoms with Crippen LogP contribution >= 0.6 is 0 Å². The van der Waals surface area contributed by atoms with Crippen LogP contribution < -0.4 is 10.6 Å². The van der Waals surface area contributed by atoms with Crippen molar-refractivity contribution in [1.29, 1.82) is 0 Å². The molecule has 0 bridgehead atoms. The molecule has 0 aliphatic rings. The van der Waals surface area contributed by atoms with Gasteiger partial charge >= 0.3 is 0 Å². The van der Waals surface area contributed by atoms with E-state index < -0.39 is 0 Å². The maximum absolute atomic E-state index is 13.3. The average Bonchev–Trinajstić information content (AvgIpc) is 2.85. The summed E-state index contributed by atoms with van der Waals surface area (Å²) in [7, 11) is 4.02. The van der Waals surface area contributed by atoms with Crippen molar-refractivity contribution in [2.45, 2.75) is 0 Å². The molecule has 7 nitrogen and oxygen atoms in total. The van der Waals surface area contributed by atoms with Crippen LogP contribution in [0.15, 0.2) is 85.2 Å². The number of nitrogens with one attached hydrogen (secondary N) is 2. The highest BCUT2D eigenvalue weighted by Crippen LogP contribution is 2.27. The number of aromatic nitrogens is 3. The Morgan fingerprint density at radius 2 is 1.67 bits per heavy atom. The predicted molar refractivity (Wildman–Crippen MR) is 132 cm³/mol. The number of carbonyl (C=O) groups is 1. The number of nitrogens with zero attached hydrogens (tertiary/aromatic N) is 4. The van der Waals surface area contributed by atoms with E-state index in [-0.39, 0.29) is 11.6 Å². The van der Waals surface area contributed by atoms with Crippen molar-refractivity contribution in [3.05, 3.63) is 90.9 Å². The first kappa shape index (κ1) is 22.1. The Hall–Kier alpha value is -4.10. The summed E-state index contributed by atoms with van der Waals surface area (Å²) in [6, 6.07) is 22.8. The van der Waals surface area contributed by atoms with Crippen molar-refractivity contribution in [1.82, 2.24) is 19.9 Å². The second-order valence-electron chi connectivity index (χ2n) is 7.80. The largest absolute Gasteiger partial charge is 0.369 e. The first-order valence-corrected chi connectivity index (χ1v) is 10.7. The average molecular weight is 439 g/mol. The number of hydrogen-bond donors (Lipinski definition) is 2. The van der Waals surface area contributed by atoms with Gasteiger partial charge < -0.3 is 15.5 Å². The van der Waals surface area contributed by atoms with Gasteiger partial charge in [0.25, 0.3) is 5.91 Å². The van der Waals surface area contributed by atoms with Gasteiger partial charge in [0.15, 0.2) is 5.82 Å². The normalized spacial score (nSPS) is 10.8. The Labute approximate surface area is 193 Å². The fourth-order valence-corrected chi connectivity index (χ4v) is 3.33. The highest BCUT2D eigenvalue weighted by molar-refractivity contribution is 6.05. The first-order valence-electron chi connectivity index (χ1n) is 10.7. The number of para-hydroxylation sites is 1. The molecule has 0 radical (unpaired) electrons. The maximum Gasteiger partial charge on any atom is 0.274 e. The number of benzene rings is 2. The van der Waals surface area contributed by atoms with Gasteiger partial charge in [0.05, 0.1) is 0 Å². The van der Waals surface area contributed by atoms with Gasteiger partial charge in [-0.2, -0.15) is 0 Å². The zero-order valence-corrected chi connectivity index (χ0v) is 18.7. The van der Waals surface area contributed by atoms with E-state index in [2.05, 4.69) is 30.5 Å². The van der Waals surface area contributed by atoms with E-state index in [4.69, 9.17) is 0 Å². The van der Waals surface area contributed by atoms with Crippen LogP contribution in [0.3, 0.4) is 0 Å². The number of pyridine rings is 1. The third kappa shape index (κ3) is 5.78. The molecule has 1 amide bonds. The SMILES string of the molecule is CN(C)CCNc1cc(C(=O)Nc2ccccc2-c2cccnc2)nc(-c2ccccc2)n1. The summed E-state index contributed by atoms with van der Waals surface area (Å²) in [6.07, 6.45) is 3.50. The van der Waals surface area contributed by atoms with Crippen molar-refractivity contribution in [2.24, 2.45) is 0 Å². The van der Waals surface area contributed by atoms with Gasteiger partial charge in [-0.25, -0.2) is 9.97 Å². The van der Waals surface area contributed by atoms with Crippen LogP contribution in [0.5, 0.6) is 0 Å². The highest BCUT2D eigenvalue weighted by Gasteiger charge is 2.15. The molecule has 2 N–H and O–H groups in total. The molecule has 0 saturated heterocycles. The van der Waals surface area contributed by atoms with E-state index in [0.29, 0.717) is 23.9 Å². The van der Waals surface area contributed by atoms with Crippen LogP contribution in [0.2, 0.25) is 0 Å². The smallest absolute Gasteiger partial charge is 0.274 e. The van der Waals surface area contributed by atoms with Crippen LogP contribution in [0.4, 0.5) is 11.5 Å². The molecule has 166 valence electrons. The van der Waals surface area contributed by atoms with Crippen molar-refractivity contribution in [3.8, 4) is 22.5 Å². The summed E-state index contributed by atoms with van der Waals surface area (Å²) >= 11 is 0. The molecule has 0 aliphatic carbocycles. The number of likely N-dealkylation sites (N-methyl/N-ethyl adjacent to an activating group) is 1. The van der Waals surface area contributed by atoms with Gasteiger partial charge in [-0.15, -0.1) is 0 Å². The van der Waals surface area contributed by atoms with E-state index in [1.165, 1.54) is 0 Å². The van der Waals surface area contributed by atoms with E-state index >= 15 is 0 Å². The summed E-state index contributed by atoms with van der Waals surface area (Å²) in [5, 5.41) is 6.31. The summed E-state index contributed by atoms with van der Waals surface area (Å²) in [4.78, 5) is 28.7. The minimum Gasteiger partial charge on any atom is -0.369 e. The van der Waals surface area contributed by atoms with Gasteiger partial charge in [0.1, 0.15) is 11.5 Å². The molecule has 7 heteroatoms. The number of amides is 1. The van der Waals surface area contributed by atoms with E-state index in [1.807, 2.05) is 80.8 Å². The zero-order chi connectivity index (χ0) is 23.0. The molecular weight excluding hydrogens is 412 g/mol. The minimum absolute atomic E-state index is 0.289. The van der Waals surface area contributed by atoms with E-state index in [1.54, 1.807) is 18.5 Å². The van der Waals surface area contributed by atoms with Crippen molar-refractivity contribution < 1.29 is 4.79 Å². The summed E-state index contributed by atoms with van der Waals surface area (Å²) in [5.74, 6) is 0.800. The molecule has 2 aromatic carbocycles. The summed E-state index contributed by atoms with van der Waals surface area (Å²) in [6.45, 7) is 1.54. The van der Waals surface area contributed by atoms with Crippen molar-refractivity contribution in [3.63, 3.8) is 0 Å². The Bertz CT molecular complexity index is 1210. The van der Waals surface area contributed by atoms with Gasteiger partial charge in [0.2, 0.25) is 0 Å². The molecule has 0 saturated carbocycles. The summed E-state index contributed by atoms with van der Waals surface area (Å²) < 4.78 is 0. The second-order valence-corrected chi connectivity index (χ2v) is 7.80. The zero-order valence-electron chi connectivity index (χ0n) is 18.7. The molecular formula is C26H26N6O. The predicted octanol–water partition coefficient (Wildman–Crippen LogP) is 4.43.